The molecule has 2 fully saturated rings. The number of hydrogen-bond acceptors (Lipinski definition) is 3. The fourth-order valence-electron chi connectivity index (χ4n) is 3.29. The van der Waals surface area contributed by atoms with E-state index in [0.717, 1.165) is 12.8 Å². The zero-order chi connectivity index (χ0) is 15.3. The molecule has 1 spiro atoms. The summed E-state index contributed by atoms with van der Waals surface area (Å²) in [4.78, 5) is 0. The summed E-state index contributed by atoms with van der Waals surface area (Å²) in [5.74, 6) is 0. The molecule has 1 saturated heterocycles. The lowest BCUT2D eigenvalue weighted by atomic mass is 9.62. The molecule has 1 aromatic rings. The Bertz CT molecular complexity index is 530. The van der Waals surface area contributed by atoms with Gasteiger partial charge in [0, 0.05) is 18.5 Å². The van der Waals surface area contributed by atoms with Gasteiger partial charge in [-0.1, -0.05) is 12.1 Å². The zero-order valence-electron chi connectivity index (χ0n) is 11.8. The monoisotopic (exact) mass is 301 g/mol. The van der Waals surface area contributed by atoms with Crippen LogP contribution in [-0.2, 0) is 17.5 Å². The van der Waals surface area contributed by atoms with E-state index in [2.05, 4.69) is 0 Å². The van der Waals surface area contributed by atoms with Crippen molar-refractivity contribution in [2.45, 2.75) is 38.7 Å². The van der Waals surface area contributed by atoms with Gasteiger partial charge in [-0.15, -0.1) is 0 Å². The number of nitrogens with zero attached hydrogens (tertiary/aromatic N) is 1. The highest BCUT2D eigenvalue weighted by atomic mass is 19.4. The number of hydroxylamine groups is 2. The highest BCUT2D eigenvalue weighted by Gasteiger charge is 2.52. The van der Waals surface area contributed by atoms with Crippen molar-refractivity contribution in [3.8, 4) is 0 Å². The predicted octanol–water partition coefficient (Wildman–Crippen LogP) is 3.38. The quantitative estimate of drug-likeness (QED) is 0.929. The molecule has 0 bridgehead atoms. The fourth-order valence-corrected chi connectivity index (χ4v) is 3.29. The molecule has 0 unspecified atom stereocenters. The Morgan fingerprint density at radius 1 is 1.33 bits per heavy atom. The van der Waals surface area contributed by atoms with Gasteiger partial charge in [0.05, 0.1) is 18.3 Å². The van der Waals surface area contributed by atoms with Crippen LogP contribution in [0.4, 0.5) is 13.2 Å². The Morgan fingerprint density at radius 2 is 2.00 bits per heavy atom. The van der Waals surface area contributed by atoms with Crippen LogP contribution >= 0.6 is 0 Å². The third-order valence-corrected chi connectivity index (χ3v) is 4.45. The first-order chi connectivity index (χ1) is 9.77. The summed E-state index contributed by atoms with van der Waals surface area (Å²) in [7, 11) is 0. The van der Waals surface area contributed by atoms with Crippen LogP contribution < -0.4 is 0 Å². The Morgan fingerprint density at radius 3 is 2.57 bits per heavy atom. The number of alkyl halides is 3. The SMILES string of the molecule is Cc1ccc(COC2CC3(C2)CN(O)C3)cc1C(F)(F)F. The maximum atomic E-state index is 12.8. The van der Waals surface area contributed by atoms with E-state index in [-0.39, 0.29) is 23.7 Å². The van der Waals surface area contributed by atoms with Gasteiger partial charge in [-0.2, -0.15) is 18.2 Å². The van der Waals surface area contributed by atoms with Crippen molar-refractivity contribution in [3.05, 3.63) is 34.9 Å². The van der Waals surface area contributed by atoms with Crippen LogP contribution in [0.3, 0.4) is 0 Å². The molecule has 3 nitrogen and oxygen atoms in total. The highest BCUT2D eigenvalue weighted by molar-refractivity contribution is 5.33. The second kappa shape index (κ2) is 4.97. The molecule has 1 heterocycles. The third-order valence-electron chi connectivity index (χ3n) is 4.45. The lowest BCUT2D eigenvalue weighted by Crippen LogP contribution is -2.62. The van der Waals surface area contributed by atoms with Gasteiger partial charge in [-0.25, -0.2) is 0 Å². The summed E-state index contributed by atoms with van der Waals surface area (Å²) in [5.41, 5.74) is 0.366. The molecule has 1 N–H and O–H groups in total. The van der Waals surface area contributed by atoms with E-state index < -0.39 is 11.7 Å². The van der Waals surface area contributed by atoms with Crippen molar-refractivity contribution in [2.24, 2.45) is 5.41 Å². The van der Waals surface area contributed by atoms with Crippen LogP contribution in [0.25, 0.3) is 0 Å². The predicted molar refractivity (Wildman–Crippen MR) is 69.8 cm³/mol. The van der Waals surface area contributed by atoms with Gasteiger partial charge in [-0.05, 0) is 37.0 Å². The first kappa shape index (κ1) is 14.8. The van der Waals surface area contributed by atoms with Crippen molar-refractivity contribution in [1.82, 2.24) is 5.06 Å². The average Bonchev–Trinajstić information content (AvgIpc) is 2.30. The molecule has 0 radical (unpaired) electrons. The second-order valence-electron chi connectivity index (χ2n) is 6.31. The molecule has 6 heteroatoms. The second-order valence-corrected chi connectivity index (χ2v) is 6.31. The normalized spacial score (nSPS) is 22.1. The number of hydrogen-bond donors (Lipinski definition) is 1. The van der Waals surface area contributed by atoms with Crippen molar-refractivity contribution < 1.29 is 23.1 Å². The van der Waals surface area contributed by atoms with Gasteiger partial charge in [0.1, 0.15) is 0 Å². The zero-order valence-corrected chi connectivity index (χ0v) is 11.8. The average molecular weight is 301 g/mol. The molecule has 1 saturated carbocycles. The van der Waals surface area contributed by atoms with Gasteiger partial charge in [0.25, 0.3) is 0 Å². The van der Waals surface area contributed by atoms with Crippen molar-refractivity contribution >= 4 is 0 Å². The van der Waals surface area contributed by atoms with E-state index in [1.807, 2.05) is 0 Å². The van der Waals surface area contributed by atoms with Crippen molar-refractivity contribution in [1.29, 1.82) is 0 Å². The summed E-state index contributed by atoms with van der Waals surface area (Å²) in [6.07, 6.45) is -2.48. The summed E-state index contributed by atoms with van der Waals surface area (Å²) in [6, 6.07) is 4.33. The molecule has 116 valence electrons. The van der Waals surface area contributed by atoms with Crippen LogP contribution in [0.15, 0.2) is 18.2 Å². The van der Waals surface area contributed by atoms with Crippen molar-refractivity contribution in [3.63, 3.8) is 0 Å². The number of halogens is 3. The topological polar surface area (TPSA) is 32.7 Å². The van der Waals surface area contributed by atoms with Crippen LogP contribution in [0.5, 0.6) is 0 Å². The molecular formula is C15H18F3NO2. The van der Waals surface area contributed by atoms with Crippen molar-refractivity contribution in [2.75, 3.05) is 13.1 Å². The number of aryl methyl sites for hydroxylation is 1. The smallest absolute Gasteiger partial charge is 0.373 e. The van der Waals surface area contributed by atoms with E-state index in [9.17, 15) is 13.2 Å². The van der Waals surface area contributed by atoms with E-state index >= 15 is 0 Å². The first-order valence-corrected chi connectivity index (χ1v) is 7.00. The molecule has 0 atom stereocenters. The number of rotatable bonds is 3. The first-order valence-electron chi connectivity index (χ1n) is 7.00. The van der Waals surface area contributed by atoms with Gasteiger partial charge in [0.2, 0.25) is 0 Å². The van der Waals surface area contributed by atoms with E-state index in [4.69, 9.17) is 9.94 Å². The maximum Gasteiger partial charge on any atom is 0.416 e. The van der Waals surface area contributed by atoms with Gasteiger partial charge < -0.3 is 9.94 Å². The highest BCUT2D eigenvalue weighted by Crippen LogP contribution is 2.49. The van der Waals surface area contributed by atoms with Crippen LogP contribution in [0.1, 0.15) is 29.5 Å². The Balaban J connectivity index is 1.55. The number of ether oxygens (including phenoxy) is 1. The molecule has 0 aromatic heterocycles. The molecular weight excluding hydrogens is 283 g/mol. The molecule has 1 aliphatic carbocycles. The lowest BCUT2D eigenvalue weighted by Gasteiger charge is -2.56. The minimum absolute atomic E-state index is 0.0920. The van der Waals surface area contributed by atoms with Crippen LogP contribution in [-0.4, -0.2) is 29.5 Å². The Kier molecular flexibility index (Phi) is 3.50. The van der Waals surface area contributed by atoms with Crippen LogP contribution in [0, 0.1) is 12.3 Å². The number of benzene rings is 1. The molecule has 21 heavy (non-hydrogen) atoms. The van der Waals surface area contributed by atoms with Gasteiger partial charge in [-0.3, -0.25) is 0 Å². The summed E-state index contributed by atoms with van der Waals surface area (Å²) in [6.45, 7) is 3.01. The van der Waals surface area contributed by atoms with Gasteiger partial charge >= 0.3 is 6.18 Å². The standard InChI is InChI=1S/C15H18F3NO2/c1-10-2-3-11(4-13(10)15(16,17)18)7-21-12-5-14(6-12)8-19(20)9-14/h2-4,12,20H,5-9H2,1H3. The van der Waals surface area contributed by atoms with E-state index in [1.54, 1.807) is 6.07 Å². The molecule has 1 aliphatic heterocycles. The summed E-state index contributed by atoms with van der Waals surface area (Å²) < 4.78 is 44.2. The minimum Gasteiger partial charge on any atom is -0.373 e. The molecule has 3 rings (SSSR count). The van der Waals surface area contributed by atoms with E-state index in [1.165, 1.54) is 24.1 Å². The largest absolute Gasteiger partial charge is 0.416 e. The maximum absolute atomic E-state index is 12.8. The summed E-state index contributed by atoms with van der Waals surface area (Å²) in [5, 5.41) is 10.4. The van der Waals surface area contributed by atoms with Gasteiger partial charge in [0.15, 0.2) is 0 Å². The Hall–Kier alpha value is -1.11. The minimum atomic E-state index is -4.32. The fraction of sp³-hybridized carbons (Fsp3) is 0.600. The molecule has 2 aliphatic rings. The third kappa shape index (κ3) is 2.93. The molecule has 1 aromatic carbocycles. The molecule has 0 amide bonds. The Labute approximate surface area is 121 Å². The summed E-state index contributed by atoms with van der Waals surface area (Å²) >= 11 is 0. The van der Waals surface area contributed by atoms with E-state index in [0.29, 0.717) is 18.7 Å². The van der Waals surface area contributed by atoms with Crippen LogP contribution in [0.2, 0.25) is 0 Å². The lowest BCUT2D eigenvalue weighted by molar-refractivity contribution is -0.257.